The minimum atomic E-state index is -9.51. The third kappa shape index (κ3) is 6.87. The average molecular weight is 1010 g/mol. The first kappa shape index (κ1) is 55.1. The molecule has 0 unspecified atom stereocenters. The van der Waals surface area contributed by atoms with Crippen LogP contribution in [0.25, 0.3) is 0 Å². The van der Waals surface area contributed by atoms with E-state index in [9.17, 15) is 158 Å². The van der Waals surface area contributed by atoms with Crippen molar-refractivity contribution in [2.24, 2.45) is 0 Å². The number of hydrogen-bond donors (Lipinski definition) is 0. The second-order valence-corrected chi connectivity index (χ2v) is 13.8. The van der Waals surface area contributed by atoms with Gasteiger partial charge in [-0.05, 0) is 18.2 Å². The third-order valence-corrected chi connectivity index (χ3v) is 8.69. The molecule has 0 spiro atoms. The Balaban J connectivity index is 4.34. The van der Waals surface area contributed by atoms with Crippen molar-refractivity contribution in [1.82, 2.24) is 0 Å². The van der Waals surface area contributed by atoms with Gasteiger partial charge in [0.25, 0.3) is 9.05 Å². The van der Waals surface area contributed by atoms with Crippen molar-refractivity contribution in [3.8, 4) is 0 Å². The molecule has 0 N–H and O–H groups in total. The van der Waals surface area contributed by atoms with Crippen LogP contribution in [0.15, 0.2) is 23.1 Å². The molecule has 0 saturated carbocycles. The minimum Gasteiger partial charge on any atom is -0.207 e. The molecule has 0 aromatic heterocycles. The summed E-state index contributed by atoms with van der Waals surface area (Å²) < 4.78 is 487. The maximum absolute atomic E-state index is 14.8. The highest BCUT2D eigenvalue weighted by atomic mass is 35.7. The summed E-state index contributed by atoms with van der Waals surface area (Å²) in [7, 11) is -2.39. The van der Waals surface area contributed by atoms with Crippen LogP contribution in [0.3, 0.4) is 0 Å². The Bertz CT molecular complexity index is 1770. The van der Waals surface area contributed by atoms with Crippen molar-refractivity contribution in [2.75, 3.05) is 0 Å². The third-order valence-electron chi connectivity index (χ3n) is 7.36. The van der Waals surface area contributed by atoms with Crippen molar-refractivity contribution in [3.63, 3.8) is 0 Å². The van der Waals surface area contributed by atoms with Gasteiger partial charge in [0.05, 0.1) is 4.90 Å². The molecule has 1 aromatic rings. The van der Waals surface area contributed by atoms with E-state index in [0.29, 0.717) is 0 Å². The van der Waals surface area contributed by atoms with Crippen LogP contribution in [0.2, 0.25) is 0 Å². The number of halogens is 35. The zero-order valence-electron chi connectivity index (χ0n) is 25.7. The van der Waals surface area contributed by atoms with Crippen molar-refractivity contribution < 1.29 is 158 Å². The molecule has 60 heavy (non-hydrogen) atoms. The maximum atomic E-state index is 14.8. The Morgan fingerprint density at radius 2 is 0.450 bits per heavy atom. The van der Waals surface area contributed by atoms with E-state index in [1.54, 1.807) is 0 Å². The van der Waals surface area contributed by atoms with Crippen LogP contribution in [0, 0.1) is 0 Å². The summed E-state index contributed by atoms with van der Waals surface area (Å²) in [6.07, 6.45) is -16.6. The smallest absolute Gasteiger partial charge is 0.207 e. The number of rotatable bonds is 15. The predicted molar refractivity (Wildman–Crippen MR) is 119 cm³/mol. The van der Waals surface area contributed by atoms with Crippen molar-refractivity contribution in [1.29, 1.82) is 0 Å². The fourth-order valence-corrected chi connectivity index (χ4v) is 4.60. The first-order valence-corrected chi connectivity index (χ1v) is 15.2. The first-order valence-electron chi connectivity index (χ1n) is 12.8. The first-order chi connectivity index (χ1) is 25.3. The van der Waals surface area contributed by atoms with Gasteiger partial charge in [0.15, 0.2) is 0 Å². The van der Waals surface area contributed by atoms with Crippen molar-refractivity contribution in [3.05, 3.63) is 29.3 Å². The average Bonchev–Trinajstić information content (AvgIpc) is 3.01. The van der Waals surface area contributed by atoms with Gasteiger partial charge in [0.1, 0.15) is 0 Å². The molecule has 1 aromatic carbocycles. The number of hydrogen-bond acceptors (Lipinski definition) is 2. The summed E-state index contributed by atoms with van der Waals surface area (Å²) in [5.74, 6) is -128. The van der Waals surface area contributed by atoms with Crippen LogP contribution in [0.5, 0.6) is 0 Å². The van der Waals surface area contributed by atoms with Gasteiger partial charge >= 0.3 is 95.3 Å². The van der Waals surface area contributed by atoms with Crippen molar-refractivity contribution >= 4 is 19.7 Å². The zero-order valence-corrected chi connectivity index (χ0v) is 27.3. The number of alkyl halides is 34. The SMILES string of the molecule is O=S(=O)(Cl)c1cc(C(F)(F)C(F)(F)C(F)(F)C(F)(F)C(F)(F)C(F)(F)C(F)(F)C(F)(F)F)cc(C(F)(F)C(F)(F)C(F)(F)C(F)(F)C(F)(F)C(F)(F)C(F)(F)C(F)(F)F)c1. The predicted octanol–water partition coefficient (Wildman–Crippen LogP) is 12.5. The van der Waals surface area contributed by atoms with Crippen LogP contribution >= 0.6 is 10.7 Å². The minimum absolute atomic E-state index is 1.85. The topological polar surface area (TPSA) is 34.1 Å². The van der Waals surface area contributed by atoms with Gasteiger partial charge in [0.2, 0.25) is 0 Å². The molecule has 0 fully saturated rings. The lowest BCUT2D eigenvalue weighted by Crippen LogP contribution is -2.74. The lowest BCUT2D eigenvalue weighted by atomic mass is 9.85. The van der Waals surface area contributed by atoms with E-state index in [1.165, 1.54) is 0 Å². The summed E-state index contributed by atoms with van der Waals surface area (Å²) in [6.45, 7) is 0. The van der Waals surface area contributed by atoms with E-state index in [-0.39, 0.29) is 0 Å². The molecule has 0 aliphatic rings. The van der Waals surface area contributed by atoms with Crippen LogP contribution in [0.4, 0.5) is 149 Å². The van der Waals surface area contributed by atoms with Gasteiger partial charge in [-0.15, -0.1) is 0 Å². The highest BCUT2D eigenvalue weighted by molar-refractivity contribution is 8.13. The number of benzene rings is 1. The quantitative estimate of drug-likeness (QED) is 0.130. The van der Waals surface area contributed by atoms with E-state index < -0.39 is 139 Å². The Hall–Kier alpha value is -2.92. The van der Waals surface area contributed by atoms with Crippen LogP contribution < -0.4 is 0 Å². The molecule has 38 heteroatoms. The Morgan fingerprint density at radius 1 is 0.283 bits per heavy atom. The highest BCUT2D eigenvalue weighted by Crippen LogP contribution is 2.67. The zero-order chi connectivity index (χ0) is 49.4. The molecule has 354 valence electrons. The van der Waals surface area contributed by atoms with E-state index >= 15 is 0 Å². The van der Waals surface area contributed by atoms with E-state index in [4.69, 9.17) is 0 Å². The maximum Gasteiger partial charge on any atom is 0.460 e. The summed E-state index contributed by atoms with van der Waals surface area (Å²) in [4.78, 5) is -3.30. The Labute approximate surface area is 307 Å². The molecule has 0 aliphatic heterocycles. The van der Waals surface area contributed by atoms with Crippen LogP contribution in [-0.2, 0) is 20.9 Å². The second kappa shape index (κ2) is 13.8. The van der Waals surface area contributed by atoms with E-state index in [2.05, 4.69) is 10.7 Å². The molecular weight excluding hydrogens is 1010 g/mol. The van der Waals surface area contributed by atoms with E-state index in [0.717, 1.165) is 0 Å². The molecule has 0 radical (unpaired) electrons. The van der Waals surface area contributed by atoms with Gasteiger partial charge in [-0.1, -0.05) is 0 Å². The van der Waals surface area contributed by atoms with Crippen molar-refractivity contribution in [2.45, 2.75) is 100 Å². The molecule has 1 rings (SSSR count). The largest absolute Gasteiger partial charge is 0.460 e. The standard InChI is InChI=1S/C22H3ClF34O2S/c23-60(58,59)6-2-4(7(24,25)9(28,29)11(32,33)13(36,37)15(40,41)17(44,45)19(48,49)21(52,53)54)1-5(3-6)8(26,27)10(30,31)12(34,35)14(38,39)16(42,43)18(46,47)20(50,51)22(55,56)57/h1-3H. The summed E-state index contributed by atoms with van der Waals surface area (Å²) in [6, 6.07) is -6.19. The summed E-state index contributed by atoms with van der Waals surface area (Å²) >= 11 is 0. The molecule has 2 nitrogen and oxygen atoms in total. The van der Waals surface area contributed by atoms with Gasteiger partial charge in [0, 0.05) is 21.8 Å². The van der Waals surface area contributed by atoms with Crippen LogP contribution in [-0.4, -0.2) is 91.8 Å². The molecule has 0 atom stereocenters. The summed E-state index contributed by atoms with van der Waals surface area (Å²) in [5.41, 5.74) is -8.77. The van der Waals surface area contributed by atoms with Crippen LogP contribution in [0.1, 0.15) is 11.1 Å². The van der Waals surface area contributed by atoms with Gasteiger partial charge in [-0.3, -0.25) is 0 Å². The Morgan fingerprint density at radius 3 is 0.617 bits per heavy atom. The molecular formula is C22H3ClF34O2S. The fraction of sp³-hybridized carbons (Fsp3) is 0.727. The van der Waals surface area contributed by atoms with Gasteiger partial charge < -0.3 is 0 Å². The monoisotopic (exact) mass is 1010 g/mol. The fourth-order valence-electron chi connectivity index (χ4n) is 3.79. The van der Waals surface area contributed by atoms with E-state index in [1.807, 2.05) is 0 Å². The van der Waals surface area contributed by atoms with Gasteiger partial charge in [-0.25, -0.2) is 8.42 Å². The summed E-state index contributed by atoms with van der Waals surface area (Å²) in [5, 5.41) is 0. The van der Waals surface area contributed by atoms with Gasteiger partial charge in [-0.2, -0.15) is 149 Å². The Kier molecular flexibility index (Phi) is 12.7. The normalized spacial score (nSPS) is 16.7. The lowest BCUT2D eigenvalue weighted by Gasteiger charge is -2.43. The molecule has 0 saturated heterocycles. The molecule has 0 aliphatic carbocycles. The molecule has 0 bridgehead atoms. The lowest BCUT2D eigenvalue weighted by molar-refractivity contribution is -0.463. The second-order valence-electron chi connectivity index (χ2n) is 11.2. The molecule has 0 heterocycles. The highest BCUT2D eigenvalue weighted by Gasteiger charge is 2.97. The molecule has 0 amide bonds.